The van der Waals surface area contributed by atoms with Crippen molar-refractivity contribution in [3.05, 3.63) is 33.8 Å². The van der Waals surface area contributed by atoms with Gasteiger partial charge in [0.05, 0.1) is 5.60 Å². The molecule has 0 spiro atoms. The number of nitrogens with one attached hydrogen (secondary N) is 1. The number of hydrogen-bond donors (Lipinski definition) is 2. The number of aliphatic hydroxyl groups is 1. The quantitative estimate of drug-likeness (QED) is 0.760. The van der Waals surface area contributed by atoms with E-state index in [2.05, 4.69) is 46.4 Å². The van der Waals surface area contributed by atoms with Crippen LogP contribution >= 0.6 is 27.7 Å². The van der Waals surface area contributed by atoms with Crippen LogP contribution in [0.1, 0.15) is 37.9 Å². The standard InChI is InChI=1S/C16H24BrNOS/c1-11-8-12-4-5-13(17)9-14(12)15(11)18-6-7-20-10-16(2,3)19/h4-5,9,11,15,18-19H,6-8,10H2,1-3H3/t11-,15-/m1/s1. The summed E-state index contributed by atoms with van der Waals surface area (Å²) in [5.41, 5.74) is 2.35. The Morgan fingerprint density at radius 3 is 2.90 bits per heavy atom. The van der Waals surface area contributed by atoms with E-state index in [1.807, 2.05) is 25.6 Å². The minimum absolute atomic E-state index is 0.463. The van der Waals surface area contributed by atoms with Crippen LogP contribution in [-0.2, 0) is 6.42 Å². The summed E-state index contributed by atoms with van der Waals surface area (Å²) in [4.78, 5) is 0. The summed E-state index contributed by atoms with van der Waals surface area (Å²) in [6.07, 6.45) is 1.16. The lowest BCUT2D eigenvalue weighted by Crippen LogP contribution is -2.27. The third kappa shape index (κ3) is 4.48. The van der Waals surface area contributed by atoms with Gasteiger partial charge >= 0.3 is 0 Å². The van der Waals surface area contributed by atoms with Crippen molar-refractivity contribution in [1.82, 2.24) is 5.32 Å². The Hall–Kier alpha value is -0.0300. The van der Waals surface area contributed by atoms with Crippen LogP contribution in [0.5, 0.6) is 0 Å². The topological polar surface area (TPSA) is 32.3 Å². The third-order valence-corrected chi connectivity index (χ3v) is 5.52. The molecule has 0 fully saturated rings. The highest BCUT2D eigenvalue weighted by Crippen LogP contribution is 2.37. The average Bonchev–Trinajstić information content (AvgIpc) is 2.64. The minimum Gasteiger partial charge on any atom is -0.390 e. The van der Waals surface area contributed by atoms with Crippen molar-refractivity contribution in [2.75, 3.05) is 18.1 Å². The molecule has 2 N–H and O–H groups in total. The van der Waals surface area contributed by atoms with Gasteiger partial charge in [-0.25, -0.2) is 0 Å². The van der Waals surface area contributed by atoms with Gasteiger partial charge in [-0.1, -0.05) is 28.9 Å². The molecular formula is C16H24BrNOS. The monoisotopic (exact) mass is 357 g/mol. The van der Waals surface area contributed by atoms with Crippen LogP contribution < -0.4 is 5.32 Å². The van der Waals surface area contributed by atoms with Crippen molar-refractivity contribution in [2.24, 2.45) is 5.92 Å². The first-order valence-corrected chi connectivity index (χ1v) is 9.13. The van der Waals surface area contributed by atoms with Crippen LogP contribution in [0.15, 0.2) is 22.7 Å². The second kappa shape index (κ2) is 6.82. The van der Waals surface area contributed by atoms with E-state index < -0.39 is 5.60 Å². The molecule has 112 valence electrons. The van der Waals surface area contributed by atoms with Gasteiger partial charge in [0.1, 0.15) is 0 Å². The molecule has 1 aromatic rings. The van der Waals surface area contributed by atoms with Gasteiger partial charge in [0.25, 0.3) is 0 Å². The molecule has 4 heteroatoms. The first-order valence-electron chi connectivity index (χ1n) is 7.18. The van der Waals surface area contributed by atoms with Gasteiger partial charge in [-0.2, -0.15) is 11.8 Å². The molecule has 0 saturated heterocycles. The normalized spacial score (nSPS) is 22.1. The maximum atomic E-state index is 9.68. The number of hydrogen-bond acceptors (Lipinski definition) is 3. The van der Waals surface area contributed by atoms with Gasteiger partial charge in [-0.05, 0) is 49.4 Å². The average molecular weight is 358 g/mol. The highest BCUT2D eigenvalue weighted by molar-refractivity contribution is 9.10. The molecule has 0 amide bonds. The highest BCUT2D eigenvalue weighted by Gasteiger charge is 2.28. The zero-order valence-corrected chi connectivity index (χ0v) is 14.9. The summed E-state index contributed by atoms with van der Waals surface area (Å²) < 4.78 is 1.16. The molecule has 20 heavy (non-hydrogen) atoms. The molecule has 1 aliphatic rings. The lowest BCUT2D eigenvalue weighted by atomic mass is 10.0. The SMILES string of the molecule is C[C@@H]1Cc2ccc(Br)cc2[C@@H]1NCCSCC(C)(C)O. The highest BCUT2D eigenvalue weighted by atomic mass is 79.9. The van der Waals surface area contributed by atoms with Crippen molar-refractivity contribution < 1.29 is 5.11 Å². The largest absolute Gasteiger partial charge is 0.390 e. The van der Waals surface area contributed by atoms with Crippen molar-refractivity contribution >= 4 is 27.7 Å². The minimum atomic E-state index is -0.567. The summed E-state index contributed by atoms with van der Waals surface area (Å²) >= 11 is 5.37. The first-order chi connectivity index (χ1) is 9.37. The Morgan fingerprint density at radius 1 is 1.45 bits per heavy atom. The van der Waals surface area contributed by atoms with Gasteiger partial charge in [0, 0.05) is 28.6 Å². The van der Waals surface area contributed by atoms with Crippen LogP contribution in [0.3, 0.4) is 0 Å². The molecule has 0 bridgehead atoms. The predicted molar refractivity (Wildman–Crippen MR) is 91.4 cm³/mol. The molecular weight excluding hydrogens is 334 g/mol. The zero-order chi connectivity index (χ0) is 14.8. The molecule has 0 aliphatic heterocycles. The molecule has 2 rings (SSSR count). The van der Waals surface area contributed by atoms with Gasteiger partial charge in [0.15, 0.2) is 0 Å². The van der Waals surface area contributed by atoms with Crippen LogP contribution in [0.2, 0.25) is 0 Å². The molecule has 2 nitrogen and oxygen atoms in total. The molecule has 0 unspecified atom stereocenters. The number of thioether (sulfide) groups is 1. The van der Waals surface area contributed by atoms with Crippen molar-refractivity contribution in [3.8, 4) is 0 Å². The number of fused-ring (bicyclic) bond motifs is 1. The summed E-state index contributed by atoms with van der Waals surface area (Å²) in [6.45, 7) is 7.03. The molecule has 0 saturated carbocycles. The molecule has 1 aliphatic carbocycles. The van der Waals surface area contributed by atoms with Crippen LogP contribution in [0.4, 0.5) is 0 Å². The predicted octanol–water partition coefficient (Wildman–Crippen LogP) is 3.78. The maximum absolute atomic E-state index is 9.68. The van der Waals surface area contributed by atoms with E-state index in [1.165, 1.54) is 11.1 Å². The Labute approximate surface area is 134 Å². The Morgan fingerprint density at radius 2 is 2.20 bits per heavy atom. The lowest BCUT2D eigenvalue weighted by Gasteiger charge is -2.20. The molecule has 0 aromatic heterocycles. The van der Waals surface area contributed by atoms with Crippen molar-refractivity contribution in [3.63, 3.8) is 0 Å². The van der Waals surface area contributed by atoms with Crippen LogP contribution in [0, 0.1) is 5.92 Å². The maximum Gasteiger partial charge on any atom is 0.0681 e. The van der Waals surface area contributed by atoms with Crippen LogP contribution in [-0.4, -0.2) is 28.8 Å². The van der Waals surface area contributed by atoms with Gasteiger partial charge in [0.2, 0.25) is 0 Å². The van der Waals surface area contributed by atoms with E-state index in [0.29, 0.717) is 12.0 Å². The van der Waals surface area contributed by atoms with Crippen LogP contribution in [0.25, 0.3) is 0 Å². The Balaban J connectivity index is 1.83. The van der Waals surface area contributed by atoms with Crippen molar-refractivity contribution in [2.45, 2.75) is 38.8 Å². The van der Waals surface area contributed by atoms with Gasteiger partial charge in [-0.3, -0.25) is 0 Å². The van der Waals surface area contributed by atoms with Crippen molar-refractivity contribution in [1.29, 1.82) is 0 Å². The summed E-state index contributed by atoms with van der Waals surface area (Å²) in [5, 5.41) is 13.4. The second-order valence-corrected chi connectivity index (χ2v) is 8.34. The Kier molecular flexibility index (Phi) is 5.57. The Bertz CT molecular complexity index is 458. The summed E-state index contributed by atoms with van der Waals surface area (Å²) in [6, 6.07) is 7.08. The summed E-state index contributed by atoms with van der Waals surface area (Å²) in [5.74, 6) is 2.48. The summed E-state index contributed by atoms with van der Waals surface area (Å²) in [7, 11) is 0. The number of rotatable bonds is 6. The first kappa shape index (κ1) is 16.3. The van der Waals surface area contributed by atoms with E-state index in [-0.39, 0.29) is 0 Å². The van der Waals surface area contributed by atoms with E-state index in [4.69, 9.17) is 0 Å². The fraction of sp³-hybridized carbons (Fsp3) is 0.625. The molecule has 0 radical (unpaired) electrons. The fourth-order valence-corrected chi connectivity index (χ4v) is 4.02. The lowest BCUT2D eigenvalue weighted by molar-refractivity contribution is 0.107. The molecule has 0 heterocycles. The number of halogens is 1. The number of benzene rings is 1. The fourth-order valence-electron chi connectivity index (χ4n) is 2.73. The van der Waals surface area contributed by atoms with Gasteiger partial charge in [-0.15, -0.1) is 0 Å². The smallest absolute Gasteiger partial charge is 0.0681 e. The zero-order valence-electron chi connectivity index (χ0n) is 12.4. The van der Waals surface area contributed by atoms with E-state index in [1.54, 1.807) is 0 Å². The van der Waals surface area contributed by atoms with Gasteiger partial charge < -0.3 is 10.4 Å². The molecule has 1 aromatic carbocycles. The third-order valence-electron chi connectivity index (χ3n) is 3.62. The molecule has 2 atom stereocenters. The van der Waals surface area contributed by atoms with E-state index >= 15 is 0 Å². The second-order valence-electron chi connectivity index (χ2n) is 6.32. The van der Waals surface area contributed by atoms with E-state index in [9.17, 15) is 5.11 Å². The van der Waals surface area contributed by atoms with E-state index in [0.717, 1.165) is 28.9 Å².